The molecule has 0 unspecified atom stereocenters. The summed E-state index contributed by atoms with van der Waals surface area (Å²) in [5.41, 5.74) is 1.55. The largest absolute Gasteiger partial charge is 0.444 e. The first kappa shape index (κ1) is 19.9. The summed E-state index contributed by atoms with van der Waals surface area (Å²) < 4.78 is 10.2. The first-order chi connectivity index (χ1) is 14.6. The Morgan fingerprint density at radius 1 is 1.00 bits per heavy atom. The molecule has 0 atom stereocenters. The van der Waals surface area contributed by atoms with E-state index in [9.17, 15) is 9.59 Å². The van der Waals surface area contributed by atoms with Crippen LogP contribution in [0.2, 0.25) is 0 Å². The number of fused-ring (bicyclic) bond motifs is 1. The summed E-state index contributed by atoms with van der Waals surface area (Å²) in [6, 6.07) is 9.51. The summed E-state index contributed by atoms with van der Waals surface area (Å²) in [6.07, 6.45) is 5.85. The molecule has 8 heteroatoms. The molecule has 0 saturated carbocycles. The van der Waals surface area contributed by atoms with Crippen LogP contribution < -0.4 is 11.2 Å². The molecule has 0 bridgehead atoms. The van der Waals surface area contributed by atoms with Crippen molar-refractivity contribution in [1.82, 2.24) is 23.7 Å². The fraction of sp³-hybridized carbons (Fsp3) is 0.364. The summed E-state index contributed by atoms with van der Waals surface area (Å²) in [5.74, 6) is 0.460. The minimum absolute atomic E-state index is 0.0482. The molecule has 1 aromatic carbocycles. The van der Waals surface area contributed by atoms with E-state index < -0.39 is 0 Å². The smallest absolute Gasteiger partial charge is 0.333 e. The number of rotatable bonds is 8. The number of oxazole rings is 1. The number of imidazole rings is 1. The highest BCUT2D eigenvalue weighted by molar-refractivity contribution is 5.70. The standard InChI is InChI=1S/C22H25N5O3/c1-3-5-12-25-15-23-19-18(25)21(28)27(22(29)26(19)11-4-2)13-17-14-30-20(24-17)16-9-7-6-8-10-16/h6-10,14-15H,3-5,11-13H2,1-2H3. The first-order valence-electron chi connectivity index (χ1n) is 10.3. The third-order valence-corrected chi connectivity index (χ3v) is 5.08. The maximum atomic E-state index is 13.3. The van der Waals surface area contributed by atoms with Gasteiger partial charge in [0.1, 0.15) is 6.26 Å². The van der Waals surface area contributed by atoms with E-state index in [-0.39, 0.29) is 17.8 Å². The van der Waals surface area contributed by atoms with E-state index in [1.807, 2.05) is 41.8 Å². The van der Waals surface area contributed by atoms with Crippen molar-refractivity contribution in [2.75, 3.05) is 0 Å². The maximum Gasteiger partial charge on any atom is 0.333 e. The quantitative estimate of drug-likeness (QED) is 0.447. The Labute approximate surface area is 173 Å². The van der Waals surface area contributed by atoms with Gasteiger partial charge in [-0.25, -0.2) is 14.8 Å². The van der Waals surface area contributed by atoms with Crippen molar-refractivity contribution in [3.8, 4) is 11.5 Å². The van der Waals surface area contributed by atoms with Gasteiger partial charge in [0, 0.05) is 18.7 Å². The average molecular weight is 407 g/mol. The summed E-state index contributed by atoms with van der Waals surface area (Å²) in [6.45, 7) is 5.32. The van der Waals surface area contributed by atoms with Crippen molar-refractivity contribution in [1.29, 1.82) is 0 Å². The topological polar surface area (TPSA) is 87.8 Å². The first-order valence-corrected chi connectivity index (χ1v) is 10.3. The van der Waals surface area contributed by atoms with Crippen LogP contribution in [0.25, 0.3) is 22.6 Å². The van der Waals surface area contributed by atoms with Gasteiger partial charge < -0.3 is 8.98 Å². The van der Waals surface area contributed by atoms with Gasteiger partial charge in [-0.3, -0.25) is 13.9 Å². The summed E-state index contributed by atoms with van der Waals surface area (Å²) in [5, 5.41) is 0. The van der Waals surface area contributed by atoms with E-state index >= 15 is 0 Å². The molecule has 0 spiro atoms. The van der Waals surface area contributed by atoms with Gasteiger partial charge in [0.15, 0.2) is 11.2 Å². The third-order valence-electron chi connectivity index (χ3n) is 5.08. The van der Waals surface area contributed by atoms with Crippen molar-refractivity contribution in [3.63, 3.8) is 0 Å². The Balaban J connectivity index is 1.79. The van der Waals surface area contributed by atoms with Crippen LogP contribution in [0.3, 0.4) is 0 Å². The number of aromatic nitrogens is 5. The maximum absolute atomic E-state index is 13.3. The van der Waals surface area contributed by atoms with Gasteiger partial charge in [-0.2, -0.15) is 0 Å². The number of nitrogens with zero attached hydrogens (tertiary/aromatic N) is 5. The van der Waals surface area contributed by atoms with Crippen molar-refractivity contribution >= 4 is 11.2 Å². The van der Waals surface area contributed by atoms with Crippen molar-refractivity contribution in [3.05, 3.63) is 69.5 Å². The Kier molecular flexibility index (Phi) is 5.65. The molecular weight excluding hydrogens is 382 g/mol. The molecule has 0 N–H and O–H groups in total. The van der Waals surface area contributed by atoms with Crippen LogP contribution in [-0.2, 0) is 19.6 Å². The number of unbranched alkanes of at least 4 members (excludes halogenated alkanes) is 1. The second-order valence-electron chi connectivity index (χ2n) is 7.30. The third kappa shape index (κ3) is 3.60. The van der Waals surface area contributed by atoms with Gasteiger partial charge in [0.05, 0.1) is 18.6 Å². The Bertz CT molecular complexity index is 1260. The number of hydrogen-bond donors (Lipinski definition) is 0. The van der Waals surface area contributed by atoms with Crippen molar-refractivity contribution in [2.24, 2.45) is 0 Å². The molecule has 156 valence electrons. The van der Waals surface area contributed by atoms with Gasteiger partial charge in [0.2, 0.25) is 5.89 Å². The predicted octanol–water partition coefficient (Wildman–Crippen LogP) is 3.27. The van der Waals surface area contributed by atoms with Gasteiger partial charge in [0.25, 0.3) is 5.56 Å². The second-order valence-corrected chi connectivity index (χ2v) is 7.30. The fourth-order valence-electron chi connectivity index (χ4n) is 3.56. The molecule has 30 heavy (non-hydrogen) atoms. The molecule has 0 amide bonds. The highest BCUT2D eigenvalue weighted by atomic mass is 16.3. The molecule has 0 aliphatic heterocycles. The Morgan fingerprint density at radius 2 is 1.80 bits per heavy atom. The highest BCUT2D eigenvalue weighted by Crippen LogP contribution is 2.18. The lowest BCUT2D eigenvalue weighted by molar-refractivity contribution is 0.563. The van der Waals surface area contributed by atoms with Crippen LogP contribution in [0.15, 0.2) is 56.9 Å². The molecule has 8 nitrogen and oxygen atoms in total. The average Bonchev–Trinajstić information content (AvgIpc) is 3.41. The molecule has 0 aliphatic carbocycles. The highest BCUT2D eigenvalue weighted by Gasteiger charge is 2.19. The zero-order chi connectivity index (χ0) is 21.1. The van der Waals surface area contributed by atoms with Gasteiger partial charge >= 0.3 is 5.69 Å². The normalized spacial score (nSPS) is 11.4. The van der Waals surface area contributed by atoms with Crippen LogP contribution >= 0.6 is 0 Å². The van der Waals surface area contributed by atoms with Gasteiger partial charge in [-0.05, 0) is 25.0 Å². The molecule has 4 rings (SSSR count). The lowest BCUT2D eigenvalue weighted by Gasteiger charge is -2.11. The minimum atomic E-state index is -0.376. The van der Waals surface area contributed by atoms with Crippen LogP contribution in [0.5, 0.6) is 0 Å². The molecule has 0 saturated heterocycles. The monoisotopic (exact) mass is 407 g/mol. The Morgan fingerprint density at radius 3 is 2.53 bits per heavy atom. The van der Waals surface area contributed by atoms with Crippen LogP contribution in [0, 0.1) is 0 Å². The molecule has 0 radical (unpaired) electrons. The van der Waals surface area contributed by atoms with E-state index in [2.05, 4.69) is 16.9 Å². The number of hydrogen-bond acceptors (Lipinski definition) is 5. The zero-order valence-corrected chi connectivity index (χ0v) is 17.2. The predicted molar refractivity (Wildman–Crippen MR) is 114 cm³/mol. The number of aryl methyl sites for hydroxylation is 2. The Hall–Kier alpha value is -3.42. The van der Waals surface area contributed by atoms with E-state index in [1.165, 1.54) is 10.8 Å². The van der Waals surface area contributed by atoms with E-state index in [4.69, 9.17) is 4.42 Å². The summed E-state index contributed by atoms with van der Waals surface area (Å²) in [7, 11) is 0. The van der Waals surface area contributed by atoms with E-state index in [0.717, 1.165) is 24.8 Å². The second kappa shape index (κ2) is 8.52. The number of benzene rings is 1. The molecule has 3 aromatic heterocycles. The lowest BCUT2D eigenvalue weighted by atomic mass is 10.2. The van der Waals surface area contributed by atoms with Crippen molar-refractivity contribution in [2.45, 2.75) is 52.7 Å². The lowest BCUT2D eigenvalue weighted by Crippen LogP contribution is -2.41. The van der Waals surface area contributed by atoms with Crippen LogP contribution in [0.1, 0.15) is 38.8 Å². The van der Waals surface area contributed by atoms with E-state index in [0.29, 0.717) is 35.8 Å². The summed E-state index contributed by atoms with van der Waals surface area (Å²) in [4.78, 5) is 35.2. The minimum Gasteiger partial charge on any atom is -0.444 e. The fourth-order valence-corrected chi connectivity index (χ4v) is 3.56. The molecule has 0 fully saturated rings. The molecule has 4 aromatic rings. The van der Waals surface area contributed by atoms with Crippen molar-refractivity contribution < 1.29 is 4.42 Å². The van der Waals surface area contributed by atoms with Crippen LogP contribution in [0.4, 0.5) is 0 Å². The van der Waals surface area contributed by atoms with Gasteiger partial charge in [-0.1, -0.05) is 38.5 Å². The van der Waals surface area contributed by atoms with Crippen LogP contribution in [-0.4, -0.2) is 23.7 Å². The van der Waals surface area contributed by atoms with E-state index in [1.54, 1.807) is 10.9 Å². The summed E-state index contributed by atoms with van der Waals surface area (Å²) >= 11 is 0. The van der Waals surface area contributed by atoms with Gasteiger partial charge in [-0.15, -0.1) is 0 Å². The molecule has 0 aliphatic rings. The molecule has 3 heterocycles. The zero-order valence-electron chi connectivity index (χ0n) is 17.2. The molecular formula is C22H25N5O3. The SMILES string of the molecule is CCCCn1cnc2c1c(=O)n(Cc1coc(-c3ccccc3)n1)c(=O)n2CCC.